The predicted octanol–water partition coefficient (Wildman–Crippen LogP) is 2.57. The zero-order valence-corrected chi connectivity index (χ0v) is 13.6. The summed E-state index contributed by atoms with van der Waals surface area (Å²) >= 11 is 0. The van der Waals surface area contributed by atoms with Crippen LogP contribution in [0.2, 0.25) is 0 Å². The van der Waals surface area contributed by atoms with Crippen LogP contribution in [0, 0.1) is 0 Å². The quantitative estimate of drug-likeness (QED) is 0.922. The zero-order valence-electron chi connectivity index (χ0n) is 13.6. The number of morpholine rings is 1. The number of nitrogens with zero attached hydrogens (tertiary/aromatic N) is 1. The number of amides is 1. The van der Waals surface area contributed by atoms with E-state index in [9.17, 15) is 4.79 Å². The van der Waals surface area contributed by atoms with Gasteiger partial charge >= 0.3 is 0 Å². The molecule has 0 aliphatic carbocycles. The van der Waals surface area contributed by atoms with Gasteiger partial charge in [0, 0.05) is 32.1 Å². The molecule has 3 rings (SSSR count). The Hall–Kier alpha value is -1.91. The molecular weight excluding hydrogens is 288 g/mol. The molecule has 0 aromatic heterocycles. The van der Waals surface area contributed by atoms with Crippen molar-refractivity contribution in [2.75, 3.05) is 26.3 Å². The highest BCUT2D eigenvalue weighted by Crippen LogP contribution is 2.17. The maximum Gasteiger partial charge on any atom is 0.224 e. The van der Waals surface area contributed by atoms with Gasteiger partial charge in [-0.05, 0) is 29.3 Å². The molecule has 1 aliphatic rings. The lowest BCUT2D eigenvalue weighted by Crippen LogP contribution is -2.45. The highest BCUT2D eigenvalue weighted by Gasteiger charge is 2.20. The molecule has 0 bridgehead atoms. The van der Waals surface area contributed by atoms with Crippen LogP contribution in [0.4, 0.5) is 0 Å². The number of ether oxygens (including phenoxy) is 1. The van der Waals surface area contributed by atoms with Gasteiger partial charge in [0.1, 0.15) is 0 Å². The lowest BCUT2D eigenvalue weighted by molar-refractivity contribution is -0.132. The van der Waals surface area contributed by atoms with Crippen LogP contribution in [0.25, 0.3) is 10.8 Å². The monoisotopic (exact) mass is 312 g/mol. The molecule has 1 aliphatic heterocycles. The molecule has 122 valence electrons. The molecule has 4 nitrogen and oxygen atoms in total. The lowest BCUT2D eigenvalue weighted by atomic mass is 10.1. The molecular formula is C19H24N2O2. The van der Waals surface area contributed by atoms with Crippen LogP contribution in [0.15, 0.2) is 42.5 Å². The molecule has 1 amide bonds. The summed E-state index contributed by atoms with van der Waals surface area (Å²) in [6.07, 6.45) is 0.501. The van der Waals surface area contributed by atoms with E-state index < -0.39 is 0 Å². The Labute approximate surface area is 137 Å². The van der Waals surface area contributed by atoms with Crippen molar-refractivity contribution in [3.05, 3.63) is 48.0 Å². The fourth-order valence-corrected chi connectivity index (χ4v) is 3.02. The largest absolute Gasteiger partial charge is 0.378 e. The van der Waals surface area contributed by atoms with Gasteiger partial charge in [-0.15, -0.1) is 0 Å². The van der Waals surface area contributed by atoms with Crippen molar-refractivity contribution in [2.45, 2.75) is 25.9 Å². The summed E-state index contributed by atoms with van der Waals surface area (Å²) in [5.74, 6) is 0.184. The summed E-state index contributed by atoms with van der Waals surface area (Å²) in [5.41, 5.74) is 1.17. The molecule has 0 spiro atoms. The van der Waals surface area contributed by atoms with E-state index in [-0.39, 0.29) is 11.9 Å². The Morgan fingerprint density at radius 3 is 2.83 bits per heavy atom. The summed E-state index contributed by atoms with van der Waals surface area (Å²) in [4.78, 5) is 14.5. The third-order valence-electron chi connectivity index (χ3n) is 4.34. The molecule has 0 radical (unpaired) electrons. The summed E-state index contributed by atoms with van der Waals surface area (Å²) < 4.78 is 5.43. The van der Waals surface area contributed by atoms with Crippen molar-refractivity contribution >= 4 is 16.7 Å². The van der Waals surface area contributed by atoms with E-state index in [0.29, 0.717) is 19.6 Å². The van der Waals surface area contributed by atoms with Crippen LogP contribution >= 0.6 is 0 Å². The van der Waals surface area contributed by atoms with Gasteiger partial charge in [0.15, 0.2) is 0 Å². The van der Waals surface area contributed by atoms with Crippen LogP contribution in [0.5, 0.6) is 0 Å². The third-order valence-corrected chi connectivity index (χ3v) is 4.34. The fourth-order valence-electron chi connectivity index (χ4n) is 3.02. The van der Waals surface area contributed by atoms with E-state index >= 15 is 0 Å². The molecule has 1 heterocycles. The highest BCUT2D eigenvalue weighted by atomic mass is 16.5. The van der Waals surface area contributed by atoms with Crippen molar-refractivity contribution in [1.82, 2.24) is 10.2 Å². The third kappa shape index (κ3) is 4.09. The topological polar surface area (TPSA) is 41.6 Å². The molecule has 1 saturated heterocycles. The Morgan fingerprint density at radius 1 is 1.26 bits per heavy atom. The van der Waals surface area contributed by atoms with Gasteiger partial charge in [-0.1, -0.05) is 36.4 Å². The van der Waals surface area contributed by atoms with Crippen molar-refractivity contribution in [2.24, 2.45) is 0 Å². The standard InChI is InChI=1S/C19H24N2O2/c1-2-21(19(22)12-18-14-23-10-9-20-18)13-15-7-8-16-5-3-4-6-17(16)11-15/h3-8,11,18,20H,2,9-10,12-14H2,1H3. The number of fused-ring (bicyclic) bond motifs is 1. The normalized spacial score (nSPS) is 18.0. The first-order valence-electron chi connectivity index (χ1n) is 8.33. The number of rotatable bonds is 5. The maximum absolute atomic E-state index is 12.5. The predicted molar refractivity (Wildman–Crippen MR) is 92.3 cm³/mol. The minimum absolute atomic E-state index is 0.141. The minimum atomic E-state index is 0.141. The summed E-state index contributed by atoms with van der Waals surface area (Å²) in [6.45, 7) is 5.60. The number of carbonyl (C=O) groups excluding carboxylic acids is 1. The Kier molecular flexibility index (Phi) is 5.26. The van der Waals surface area contributed by atoms with Crippen molar-refractivity contribution in [3.63, 3.8) is 0 Å². The number of nitrogens with one attached hydrogen (secondary N) is 1. The molecule has 23 heavy (non-hydrogen) atoms. The van der Waals surface area contributed by atoms with Gasteiger partial charge in [-0.2, -0.15) is 0 Å². The van der Waals surface area contributed by atoms with Gasteiger partial charge < -0.3 is 15.0 Å². The van der Waals surface area contributed by atoms with Gasteiger partial charge in [-0.25, -0.2) is 0 Å². The van der Waals surface area contributed by atoms with Crippen molar-refractivity contribution < 1.29 is 9.53 Å². The van der Waals surface area contributed by atoms with E-state index in [1.165, 1.54) is 16.3 Å². The highest BCUT2D eigenvalue weighted by molar-refractivity contribution is 5.83. The second-order valence-corrected chi connectivity index (χ2v) is 6.02. The Morgan fingerprint density at radius 2 is 2.09 bits per heavy atom. The maximum atomic E-state index is 12.5. The van der Waals surface area contributed by atoms with Gasteiger partial charge in [0.25, 0.3) is 0 Å². The molecule has 0 saturated carbocycles. The Balaban J connectivity index is 1.66. The van der Waals surface area contributed by atoms with Crippen LogP contribution < -0.4 is 5.32 Å². The zero-order chi connectivity index (χ0) is 16.1. The van der Waals surface area contributed by atoms with Crippen molar-refractivity contribution in [3.8, 4) is 0 Å². The first-order valence-corrected chi connectivity index (χ1v) is 8.33. The average Bonchev–Trinajstić information content (AvgIpc) is 2.60. The number of carbonyl (C=O) groups is 1. The lowest BCUT2D eigenvalue weighted by Gasteiger charge is -2.27. The molecule has 1 N–H and O–H groups in total. The molecule has 1 atom stereocenters. The number of benzene rings is 2. The first-order chi connectivity index (χ1) is 11.3. The minimum Gasteiger partial charge on any atom is -0.378 e. The molecule has 4 heteroatoms. The van der Waals surface area contributed by atoms with E-state index in [0.717, 1.165) is 19.7 Å². The van der Waals surface area contributed by atoms with E-state index in [2.05, 4.69) is 35.6 Å². The summed E-state index contributed by atoms with van der Waals surface area (Å²) in [7, 11) is 0. The van der Waals surface area contributed by atoms with Crippen LogP contribution in [-0.4, -0.2) is 43.2 Å². The van der Waals surface area contributed by atoms with Gasteiger partial charge in [-0.3, -0.25) is 4.79 Å². The average molecular weight is 312 g/mol. The second-order valence-electron chi connectivity index (χ2n) is 6.02. The van der Waals surface area contributed by atoms with E-state index in [4.69, 9.17) is 4.74 Å². The Bertz CT molecular complexity index is 665. The summed E-state index contributed by atoms with van der Waals surface area (Å²) in [6, 6.07) is 14.9. The van der Waals surface area contributed by atoms with E-state index in [1.54, 1.807) is 0 Å². The number of hydrogen-bond acceptors (Lipinski definition) is 3. The molecule has 2 aromatic carbocycles. The molecule has 1 fully saturated rings. The van der Waals surface area contributed by atoms with Crippen LogP contribution in [-0.2, 0) is 16.1 Å². The van der Waals surface area contributed by atoms with Gasteiger partial charge in [0.05, 0.1) is 13.2 Å². The summed E-state index contributed by atoms with van der Waals surface area (Å²) in [5, 5.41) is 5.79. The number of hydrogen-bond donors (Lipinski definition) is 1. The molecule has 1 unspecified atom stereocenters. The van der Waals surface area contributed by atoms with Gasteiger partial charge in [0.2, 0.25) is 5.91 Å². The SMILES string of the molecule is CCN(Cc1ccc2ccccc2c1)C(=O)CC1COCCN1. The molecule has 2 aromatic rings. The smallest absolute Gasteiger partial charge is 0.224 e. The van der Waals surface area contributed by atoms with Crippen molar-refractivity contribution in [1.29, 1.82) is 0 Å². The second kappa shape index (κ2) is 7.57. The van der Waals surface area contributed by atoms with Crippen LogP contribution in [0.3, 0.4) is 0 Å². The first kappa shape index (κ1) is 16.0. The van der Waals surface area contributed by atoms with E-state index in [1.807, 2.05) is 24.0 Å². The fraction of sp³-hybridized carbons (Fsp3) is 0.421. The van der Waals surface area contributed by atoms with Crippen LogP contribution in [0.1, 0.15) is 18.9 Å².